The maximum Gasteiger partial charge on any atom is 0.230 e. The summed E-state index contributed by atoms with van der Waals surface area (Å²) < 4.78 is 12.3. The fourth-order valence-corrected chi connectivity index (χ4v) is 2.36. The zero-order valence-corrected chi connectivity index (χ0v) is 12.9. The predicted molar refractivity (Wildman–Crippen MR) is 87.1 cm³/mol. The lowest BCUT2D eigenvalue weighted by Gasteiger charge is -2.10. The minimum Gasteiger partial charge on any atom is -0.493 e. The summed E-state index contributed by atoms with van der Waals surface area (Å²) in [4.78, 5) is 16.6. The van der Waals surface area contributed by atoms with Gasteiger partial charge in [0.25, 0.3) is 0 Å². The van der Waals surface area contributed by atoms with Crippen LogP contribution in [0.1, 0.15) is 5.69 Å². The van der Waals surface area contributed by atoms with E-state index in [1.807, 2.05) is 35.0 Å². The van der Waals surface area contributed by atoms with E-state index in [1.54, 1.807) is 32.4 Å². The number of anilines is 1. The summed E-state index contributed by atoms with van der Waals surface area (Å²) in [5.41, 5.74) is 2.19. The van der Waals surface area contributed by atoms with E-state index in [2.05, 4.69) is 10.3 Å². The van der Waals surface area contributed by atoms with Crippen LogP contribution in [-0.4, -0.2) is 29.5 Å². The van der Waals surface area contributed by atoms with Crippen LogP contribution < -0.4 is 14.8 Å². The second kappa shape index (κ2) is 6.39. The minimum atomic E-state index is -0.138. The van der Waals surface area contributed by atoms with Crippen molar-refractivity contribution in [3.8, 4) is 11.5 Å². The quantitative estimate of drug-likeness (QED) is 0.786. The molecule has 0 saturated heterocycles. The van der Waals surface area contributed by atoms with Crippen molar-refractivity contribution in [2.75, 3.05) is 19.5 Å². The van der Waals surface area contributed by atoms with Crippen LogP contribution >= 0.6 is 0 Å². The Bertz CT molecular complexity index is 809. The molecule has 0 atom stereocenters. The molecule has 3 rings (SSSR count). The summed E-state index contributed by atoms with van der Waals surface area (Å²) in [6.45, 7) is 0. The fourth-order valence-electron chi connectivity index (χ4n) is 2.36. The summed E-state index contributed by atoms with van der Waals surface area (Å²) in [5, 5.41) is 2.84. The lowest BCUT2D eigenvalue weighted by molar-refractivity contribution is -0.115. The van der Waals surface area contributed by atoms with Crippen molar-refractivity contribution < 1.29 is 14.3 Å². The molecule has 0 bridgehead atoms. The normalized spacial score (nSPS) is 10.5. The number of benzene rings is 1. The Morgan fingerprint density at radius 2 is 2.00 bits per heavy atom. The molecule has 0 aliphatic heterocycles. The first-order chi connectivity index (χ1) is 11.2. The van der Waals surface area contributed by atoms with E-state index in [4.69, 9.17) is 9.47 Å². The number of carbonyl (C=O) groups is 1. The van der Waals surface area contributed by atoms with Gasteiger partial charge in [0.05, 0.1) is 26.3 Å². The van der Waals surface area contributed by atoms with E-state index >= 15 is 0 Å². The molecule has 6 nitrogen and oxygen atoms in total. The molecule has 1 N–H and O–H groups in total. The van der Waals surface area contributed by atoms with Gasteiger partial charge in [-0.2, -0.15) is 0 Å². The molecular formula is C17H17N3O3. The van der Waals surface area contributed by atoms with E-state index in [1.165, 1.54) is 0 Å². The number of imidazole rings is 1. The molecule has 0 fully saturated rings. The third kappa shape index (κ3) is 3.26. The molecule has 3 aromatic rings. The van der Waals surface area contributed by atoms with E-state index in [0.717, 1.165) is 5.65 Å². The van der Waals surface area contributed by atoms with E-state index < -0.39 is 0 Å². The van der Waals surface area contributed by atoms with Crippen molar-refractivity contribution in [3.05, 3.63) is 54.5 Å². The summed E-state index contributed by atoms with van der Waals surface area (Å²) in [6, 6.07) is 11.0. The number of hydrogen-bond acceptors (Lipinski definition) is 4. The van der Waals surface area contributed by atoms with Crippen LogP contribution in [0.15, 0.2) is 48.8 Å². The highest BCUT2D eigenvalue weighted by Crippen LogP contribution is 2.29. The van der Waals surface area contributed by atoms with Crippen molar-refractivity contribution in [2.45, 2.75) is 6.42 Å². The highest BCUT2D eigenvalue weighted by Gasteiger charge is 2.10. The van der Waals surface area contributed by atoms with Gasteiger partial charge in [0, 0.05) is 24.1 Å². The Morgan fingerprint density at radius 1 is 1.17 bits per heavy atom. The number of ether oxygens (including phenoxy) is 2. The number of fused-ring (bicyclic) bond motifs is 1. The molecule has 0 spiro atoms. The molecule has 0 aliphatic carbocycles. The number of nitrogens with zero attached hydrogens (tertiary/aromatic N) is 2. The van der Waals surface area contributed by atoms with Crippen LogP contribution in [-0.2, 0) is 11.2 Å². The Labute approximate surface area is 133 Å². The van der Waals surface area contributed by atoms with Crippen molar-refractivity contribution >= 4 is 17.2 Å². The first-order valence-corrected chi connectivity index (χ1v) is 7.14. The maximum absolute atomic E-state index is 12.2. The number of aromatic nitrogens is 2. The van der Waals surface area contributed by atoms with Gasteiger partial charge in [-0.25, -0.2) is 4.98 Å². The SMILES string of the molecule is COc1ccc(NC(=O)Cc2cn3ccccc3n2)cc1OC. The molecule has 2 aromatic heterocycles. The van der Waals surface area contributed by atoms with Crippen molar-refractivity contribution in [3.63, 3.8) is 0 Å². The van der Waals surface area contributed by atoms with Crippen LogP contribution in [0.4, 0.5) is 5.69 Å². The number of amides is 1. The van der Waals surface area contributed by atoms with Gasteiger partial charge in [0.15, 0.2) is 11.5 Å². The molecule has 118 valence electrons. The van der Waals surface area contributed by atoms with Crippen LogP contribution in [0.2, 0.25) is 0 Å². The topological polar surface area (TPSA) is 64.9 Å². The summed E-state index contributed by atoms with van der Waals surface area (Å²) in [6.07, 6.45) is 3.96. The third-order valence-electron chi connectivity index (χ3n) is 3.42. The summed E-state index contributed by atoms with van der Waals surface area (Å²) in [5.74, 6) is 1.05. The van der Waals surface area contributed by atoms with E-state index in [0.29, 0.717) is 22.9 Å². The Morgan fingerprint density at radius 3 is 2.74 bits per heavy atom. The second-order valence-corrected chi connectivity index (χ2v) is 4.99. The molecule has 0 radical (unpaired) electrons. The van der Waals surface area contributed by atoms with Crippen LogP contribution in [0.25, 0.3) is 5.65 Å². The van der Waals surface area contributed by atoms with Crippen molar-refractivity contribution in [1.82, 2.24) is 9.38 Å². The van der Waals surface area contributed by atoms with Crippen LogP contribution in [0.3, 0.4) is 0 Å². The number of pyridine rings is 1. The Hall–Kier alpha value is -3.02. The smallest absolute Gasteiger partial charge is 0.230 e. The van der Waals surface area contributed by atoms with Gasteiger partial charge < -0.3 is 19.2 Å². The van der Waals surface area contributed by atoms with Gasteiger partial charge in [0.1, 0.15) is 5.65 Å². The Balaban J connectivity index is 1.71. The molecule has 23 heavy (non-hydrogen) atoms. The monoisotopic (exact) mass is 311 g/mol. The Kier molecular flexibility index (Phi) is 4.14. The minimum absolute atomic E-state index is 0.138. The van der Waals surface area contributed by atoms with E-state index in [-0.39, 0.29) is 12.3 Å². The standard InChI is InChI=1S/C17H17N3O3/c1-22-14-7-6-12(9-15(14)23-2)19-17(21)10-13-11-20-8-4-3-5-16(20)18-13/h3-9,11H,10H2,1-2H3,(H,19,21). The maximum atomic E-state index is 12.2. The average molecular weight is 311 g/mol. The molecule has 2 heterocycles. The molecule has 6 heteroatoms. The molecule has 0 saturated carbocycles. The number of methoxy groups -OCH3 is 2. The number of carbonyl (C=O) groups excluding carboxylic acids is 1. The lowest BCUT2D eigenvalue weighted by Crippen LogP contribution is -2.14. The number of hydrogen-bond donors (Lipinski definition) is 1. The summed E-state index contributed by atoms with van der Waals surface area (Å²) >= 11 is 0. The first kappa shape index (κ1) is 14.9. The fraction of sp³-hybridized carbons (Fsp3) is 0.176. The number of rotatable bonds is 5. The molecule has 0 unspecified atom stereocenters. The number of nitrogens with one attached hydrogen (secondary N) is 1. The second-order valence-electron chi connectivity index (χ2n) is 4.99. The highest BCUT2D eigenvalue weighted by molar-refractivity contribution is 5.92. The zero-order chi connectivity index (χ0) is 16.2. The van der Waals surface area contributed by atoms with Crippen LogP contribution in [0.5, 0.6) is 11.5 Å². The van der Waals surface area contributed by atoms with Gasteiger partial charge in [-0.3, -0.25) is 4.79 Å². The molecule has 0 aliphatic rings. The first-order valence-electron chi connectivity index (χ1n) is 7.14. The largest absolute Gasteiger partial charge is 0.493 e. The zero-order valence-electron chi connectivity index (χ0n) is 12.9. The van der Waals surface area contributed by atoms with Crippen molar-refractivity contribution in [1.29, 1.82) is 0 Å². The molecular weight excluding hydrogens is 294 g/mol. The molecule has 1 aromatic carbocycles. The highest BCUT2D eigenvalue weighted by atomic mass is 16.5. The summed E-state index contributed by atoms with van der Waals surface area (Å²) in [7, 11) is 3.12. The van der Waals surface area contributed by atoms with Crippen LogP contribution in [0, 0.1) is 0 Å². The predicted octanol–water partition coefficient (Wildman–Crippen LogP) is 2.53. The lowest BCUT2D eigenvalue weighted by atomic mass is 10.2. The van der Waals surface area contributed by atoms with Crippen molar-refractivity contribution in [2.24, 2.45) is 0 Å². The van der Waals surface area contributed by atoms with E-state index in [9.17, 15) is 4.79 Å². The average Bonchev–Trinajstić information content (AvgIpc) is 2.96. The van der Waals surface area contributed by atoms with Gasteiger partial charge in [0.2, 0.25) is 5.91 Å². The van der Waals surface area contributed by atoms with Gasteiger partial charge in [-0.15, -0.1) is 0 Å². The third-order valence-corrected chi connectivity index (χ3v) is 3.42. The van der Waals surface area contributed by atoms with Gasteiger partial charge in [-0.05, 0) is 24.3 Å². The van der Waals surface area contributed by atoms with Gasteiger partial charge >= 0.3 is 0 Å². The van der Waals surface area contributed by atoms with Gasteiger partial charge in [-0.1, -0.05) is 6.07 Å². The molecule has 1 amide bonds.